The summed E-state index contributed by atoms with van der Waals surface area (Å²) in [5, 5.41) is 8.70. The number of halogens is 1. The maximum absolute atomic E-state index is 11.3. The molecule has 0 saturated heterocycles. The molecule has 1 aliphatic rings. The number of carbonyl (C=O) groups is 1. The van der Waals surface area contributed by atoms with Crippen LogP contribution in [0.25, 0.3) is 0 Å². The molecule has 0 bridgehead atoms. The summed E-state index contributed by atoms with van der Waals surface area (Å²) >= 11 is 6.10. The maximum atomic E-state index is 11.3. The summed E-state index contributed by atoms with van der Waals surface area (Å²) in [4.78, 5) is 15.9. The van der Waals surface area contributed by atoms with Gasteiger partial charge in [0.15, 0.2) is 5.82 Å². The number of anilines is 1. The van der Waals surface area contributed by atoms with E-state index in [1.165, 1.54) is 0 Å². The molecule has 4 rings (SSSR count). The molecule has 3 aromatic rings. The third-order valence-corrected chi connectivity index (χ3v) is 4.62. The molecule has 1 aliphatic heterocycles. The first kappa shape index (κ1) is 16.6. The van der Waals surface area contributed by atoms with E-state index >= 15 is 0 Å². The monoisotopic (exact) mass is 367 g/mol. The molecule has 0 spiro atoms. The van der Waals surface area contributed by atoms with Gasteiger partial charge in [0.05, 0.1) is 19.0 Å². The Labute approximate surface area is 156 Å². The standard InChI is InChI=1S/C19H18ClN5O/c20-14-6-7-15-13(8-14)9-16(22-15)19-23-18(10-17(21)26)24-25(19)11-12-4-2-1-3-5-12/h1-8,16,22H,9-11H2,(H2,21,26)/t16-/m1/s1. The number of fused-ring (bicyclic) bond motifs is 1. The van der Waals surface area contributed by atoms with E-state index in [9.17, 15) is 4.79 Å². The minimum atomic E-state index is -0.442. The summed E-state index contributed by atoms with van der Waals surface area (Å²) in [6.07, 6.45) is 0.791. The molecule has 0 radical (unpaired) electrons. The van der Waals surface area contributed by atoms with Gasteiger partial charge in [0.1, 0.15) is 5.82 Å². The smallest absolute Gasteiger partial charge is 0.225 e. The molecule has 6 nitrogen and oxygen atoms in total. The summed E-state index contributed by atoms with van der Waals surface area (Å²) in [6.45, 7) is 0.581. The number of benzene rings is 2. The zero-order valence-electron chi connectivity index (χ0n) is 14.0. The lowest BCUT2D eigenvalue weighted by Gasteiger charge is -2.12. The normalized spacial score (nSPS) is 15.5. The third kappa shape index (κ3) is 3.41. The van der Waals surface area contributed by atoms with Crippen LogP contribution in [0.5, 0.6) is 0 Å². The van der Waals surface area contributed by atoms with Gasteiger partial charge in [-0.1, -0.05) is 41.9 Å². The van der Waals surface area contributed by atoms with E-state index in [-0.39, 0.29) is 12.5 Å². The molecule has 7 heteroatoms. The van der Waals surface area contributed by atoms with Gasteiger partial charge in [0.2, 0.25) is 5.91 Å². The highest BCUT2D eigenvalue weighted by molar-refractivity contribution is 6.30. The number of aromatic nitrogens is 3. The summed E-state index contributed by atoms with van der Waals surface area (Å²) in [5.41, 5.74) is 8.62. The Morgan fingerprint density at radius 1 is 1.27 bits per heavy atom. The van der Waals surface area contributed by atoms with Crippen molar-refractivity contribution in [3.63, 3.8) is 0 Å². The van der Waals surface area contributed by atoms with Crippen LogP contribution in [-0.2, 0) is 24.2 Å². The van der Waals surface area contributed by atoms with Crippen molar-refractivity contribution >= 4 is 23.2 Å². The minimum absolute atomic E-state index is 0.0266. The second kappa shape index (κ2) is 6.80. The van der Waals surface area contributed by atoms with Gasteiger partial charge < -0.3 is 11.1 Å². The van der Waals surface area contributed by atoms with Crippen molar-refractivity contribution < 1.29 is 4.79 Å². The Morgan fingerprint density at radius 2 is 2.08 bits per heavy atom. The maximum Gasteiger partial charge on any atom is 0.225 e. The van der Waals surface area contributed by atoms with E-state index < -0.39 is 5.91 Å². The largest absolute Gasteiger partial charge is 0.375 e. The van der Waals surface area contributed by atoms with Crippen molar-refractivity contribution in [3.05, 3.63) is 76.3 Å². The number of nitrogens with zero attached hydrogens (tertiary/aromatic N) is 3. The molecule has 2 aromatic carbocycles. The number of amides is 1. The Kier molecular flexibility index (Phi) is 4.34. The lowest BCUT2D eigenvalue weighted by molar-refractivity contribution is -0.117. The third-order valence-electron chi connectivity index (χ3n) is 4.38. The van der Waals surface area contributed by atoms with Crippen LogP contribution in [-0.4, -0.2) is 20.7 Å². The second-order valence-electron chi connectivity index (χ2n) is 6.38. The topological polar surface area (TPSA) is 85.8 Å². The summed E-state index contributed by atoms with van der Waals surface area (Å²) < 4.78 is 1.85. The van der Waals surface area contributed by atoms with E-state index in [0.717, 1.165) is 29.1 Å². The van der Waals surface area contributed by atoms with E-state index in [0.29, 0.717) is 17.4 Å². The van der Waals surface area contributed by atoms with Crippen LogP contribution in [0, 0.1) is 0 Å². The number of hydrogen-bond acceptors (Lipinski definition) is 4. The molecule has 1 atom stereocenters. The van der Waals surface area contributed by atoms with Gasteiger partial charge in [-0.05, 0) is 29.3 Å². The number of rotatable bonds is 5. The first-order valence-corrected chi connectivity index (χ1v) is 8.77. The van der Waals surface area contributed by atoms with Gasteiger partial charge >= 0.3 is 0 Å². The van der Waals surface area contributed by atoms with Crippen LogP contribution < -0.4 is 11.1 Å². The van der Waals surface area contributed by atoms with Crippen LogP contribution in [0.3, 0.4) is 0 Å². The van der Waals surface area contributed by atoms with Crippen molar-refractivity contribution in [2.24, 2.45) is 5.73 Å². The van der Waals surface area contributed by atoms with Crippen molar-refractivity contribution in [2.45, 2.75) is 25.4 Å². The highest BCUT2D eigenvalue weighted by Gasteiger charge is 2.27. The number of primary amides is 1. The van der Waals surface area contributed by atoms with Crippen LogP contribution in [0.1, 0.15) is 28.8 Å². The zero-order valence-corrected chi connectivity index (χ0v) is 14.8. The van der Waals surface area contributed by atoms with Crippen molar-refractivity contribution in [1.82, 2.24) is 14.8 Å². The fraction of sp³-hybridized carbons (Fsp3) is 0.211. The molecule has 3 N–H and O–H groups in total. The first-order valence-electron chi connectivity index (χ1n) is 8.39. The van der Waals surface area contributed by atoms with Crippen molar-refractivity contribution in [3.8, 4) is 0 Å². The average Bonchev–Trinajstić information content (AvgIpc) is 3.18. The van der Waals surface area contributed by atoms with E-state index in [1.807, 2.05) is 53.2 Å². The van der Waals surface area contributed by atoms with Gasteiger partial charge in [-0.3, -0.25) is 4.79 Å². The fourth-order valence-corrected chi connectivity index (χ4v) is 3.45. The van der Waals surface area contributed by atoms with Crippen LogP contribution in [0.4, 0.5) is 5.69 Å². The first-order chi connectivity index (χ1) is 12.6. The predicted octanol–water partition coefficient (Wildman–Crippen LogP) is 2.72. The van der Waals surface area contributed by atoms with E-state index in [4.69, 9.17) is 17.3 Å². The molecule has 0 unspecified atom stereocenters. The SMILES string of the molecule is NC(=O)Cc1nc([C@H]2Cc3cc(Cl)ccc3N2)n(Cc2ccccc2)n1. The minimum Gasteiger partial charge on any atom is -0.375 e. The average molecular weight is 368 g/mol. The Hall–Kier alpha value is -2.86. The molecule has 1 amide bonds. The predicted molar refractivity (Wildman–Crippen MR) is 100.0 cm³/mol. The molecular weight excluding hydrogens is 350 g/mol. The van der Waals surface area contributed by atoms with Crippen LogP contribution >= 0.6 is 11.6 Å². The molecule has 0 saturated carbocycles. The summed E-state index contributed by atoms with van der Waals surface area (Å²) in [7, 11) is 0. The molecular formula is C19H18ClN5O. The van der Waals surface area contributed by atoms with E-state index in [1.54, 1.807) is 0 Å². The Bertz CT molecular complexity index is 954. The number of carbonyl (C=O) groups excluding carboxylic acids is 1. The summed E-state index contributed by atoms with van der Waals surface area (Å²) in [5.74, 6) is 0.791. The van der Waals surface area contributed by atoms with Crippen LogP contribution in [0.2, 0.25) is 5.02 Å². The zero-order chi connectivity index (χ0) is 18.1. The molecule has 1 aromatic heterocycles. The molecule has 0 aliphatic carbocycles. The highest BCUT2D eigenvalue weighted by atomic mass is 35.5. The number of hydrogen-bond donors (Lipinski definition) is 2. The lowest BCUT2D eigenvalue weighted by atomic mass is 10.1. The van der Waals surface area contributed by atoms with E-state index in [2.05, 4.69) is 15.4 Å². The fourth-order valence-electron chi connectivity index (χ4n) is 3.25. The molecule has 26 heavy (non-hydrogen) atoms. The molecule has 2 heterocycles. The molecule has 132 valence electrons. The van der Waals surface area contributed by atoms with Gasteiger partial charge in [0, 0.05) is 17.1 Å². The van der Waals surface area contributed by atoms with Gasteiger partial charge in [-0.15, -0.1) is 0 Å². The second-order valence-corrected chi connectivity index (χ2v) is 6.81. The van der Waals surface area contributed by atoms with Gasteiger partial charge in [-0.25, -0.2) is 9.67 Å². The van der Waals surface area contributed by atoms with Gasteiger partial charge in [-0.2, -0.15) is 5.10 Å². The number of nitrogens with one attached hydrogen (secondary N) is 1. The summed E-state index contributed by atoms with van der Waals surface area (Å²) in [6, 6.07) is 15.8. The molecule has 0 fully saturated rings. The lowest BCUT2D eigenvalue weighted by Crippen LogP contribution is -2.15. The Balaban J connectivity index is 1.66. The Morgan fingerprint density at radius 3 is 2.85 bits per heavy atom. The van der Waals surface area contributed by atoms with Crippen molar-refractivity contribution in [1.29, 1.82) is 0 Å². The van der Waals surface area contributed by atoms with Crippen LogP contribution in [0.15, 0.2) is 48.5 Å². The van der Waals surface area contributed by atoms with Crippen molar-refractivity contribution in [2.75, 3.05) is 5.32 Å². The highest BCUT2D eigenvalue weighted by Crippen LogP contribution is 2.35. The van der Waals surface area contributed by atoms with Gasteiger partial charge in [0.25, 0.3) is 0 Å². The quantitative estimate of drug-likeness (QED) is 0.726. The number of nitrogens with two attached hydrogens (primary N) is 1.